The standard InChI is InChI=1S/C17H24N2O3S/c1-13(2)19-23(20,21)12-16-7-5-4-6-15(16)10-18-11-17-9-8-14(3)22-17/h4-9,13,18-19H,10-12H2,1-3H3. The Hall–Kier alpha value is -1.63. The van der Waals surface area contributed by atoms with Gasteiger partial charge in [0.15, 0.2) is 0 Å². The number of nitrogens with one attached hydrogen (secondary N) is 2. The summed E-state index contributed by atoms with van der Waals surface area (Å²) in [6.45, 7) is 6.74. The molecule has 0 fully saturated rings. The summed E-state index contributed by atoms with van der Waals surface area (Å²) in [4.78, 5) is 0. The molecule has 0 saturated carbocycles. The molecular formula is C17H24N2O3S. The third kappa shape index (κ3) is 5.82. The molecule has 23 heavy (non-hydrogen) atoms. The van der Waals surface area contributed by atoms with Gasteiger partial charge in [-0.05, 0) is 44.0 Å². The number of sulfonamides is 1. The highest BCUT2D eigenvalue weighted by Gasteiger charge is 2.15. The predicted molar refractivity (Wildman–Crippen MR) is 91.3 cm³/mol. The quantitative estimate of drug-likeness (QED) is 0.777. The second-order valence-corrected chi connectivity index (χ2v) is 7.67. The van der Waals surface area contributed by atoms with E-state index >= 15 is 0 Å². The van der Waals surface area contributed by atoms with Crippen LogP contribution in [0.3, 0.4) is 0 Å². The summed E-state index contributed by atoms with van der Waals surface area (Å²) in [6, 6.07) is 11.3. The molecule has 126 valence electrons. The van der Waals surface area contributed by atoms with Crippen LogP contribution < -0.4 is 10.0 Å². The van der Waals surface area contributed by atoms with Gasteiger partial charge >= 0.3 is 0 Å². The SMILES string of the molecule is Cc1ccc(CNCc2ccccc2CS(=O)(=O)NC(C)C)o1. The van der Waals surface area contributed by atoms with Crippen molar-refractivity contribution in [2.45, 2.75) is 45.7 Å². The minimum absolute atomic E-state index is 0.0110. The van der Waals surface area contributed by atoms with Crippen molar-refractivity contribution in [3.8, 4) is 0 Å². The topological polar surface area (TPSA) is 71.3 Å². The van der Waals surface area contributed by atoms with Gasteiger partial charge in [-0.15, -0.1) is 0 Å². The van der Waals surface area contributed by atoms with E-state index in [1.165, 1.54) is 0 Å². The normalized spacial score (nSPS) is 12.0. The van der Waals surface area contributed by atoms with Crippen LogP contribution in [0.5, 0.6) is 0 Å². The highest BCUT2D eigenvalue weighted by atomic mass is 32.2. The maximum absolute atomic E-state index is 12.1. The highest BCUT2D eigenvalue weighted by molar-refractivity contribution is 7.88. The van der Waals surface area contributed by atoms with Crippen LogP contribution >= 0.6 is 0 Å². The maximum Gasteiger partial charge on any atom is 0.216 e. The first-order valence-electron chi connectivity index (χ1n) is 7.68. The van der Waals surface area contributed by atoms with Crippen LogP contribution in [-0.4, -0.2) is 14.5 Å². The Morgan fingerprint density at radius 1 is 1.04 bits per heavy atom. The number of hydrogen-bond acceptors (Lipinski definition) is 4. The van der Waals surface area contributed by atoms with Crippen LogP contribution in [0.1, 0.15) is 36.5 Å². The third-order valence-electron chi connectivity index (χ3n) is 3.29. The molecule has 0 amide bonds. The maximum atomic E-state index is 12.1. The Morgan fingerprint density at radius 3 is 2.35 bits per heavy atom. The molecule has 6 heteroatoms. The fraction of sp³-hybridized carbons (Fsp3) is 0.412. The zero-order valence-electron chi connectivity index (χ0n) is 13.8. The molecule has 0 saturated heterocycles. The Kier molecular flexibility index (Phi) is 5.98. The van der Waals surface area contributed by atoms with Crippen molar-refractivity contribution in [1.82, 2.24) is 10.0 Å². The van der Waals surface area contributed by atoms with Crippen LogP contribution in [0.2, 0.25) is 0 Å². The van der Waals surface area contributed by atoms with E-state index in [2.05, 4.69) is 10.0 Å². The summed E-state index contributed by atoms with van der Waals surface area (Å²) >= 11 is 0. The van der Waals surface area contributed by atoms with Gasteiger partial charge in [0, 0.05) is 12.6 Å². The molecule has 2 aromatic rings. The number of rotatable bonds is 8. The van der Waals surface area contributed by atoms with E-state index in [1.54, 1.807) is 0 Å². The second kappa shape index (κ2) is 7.77. The minimum atomic E-state index is -3.33. The Labute approximate surface area is 138 Å². The van der Waals surface area contributed by atoms with Crippen LogP contribution in [-0.2, 0) is 28.9 Å². The van der Waals surface area contributed by atoms with Crippen molar-refractivity contribution in [1.29, 1.82) is 0 Å². The van der Waals surface area contributed by atoms with Gasteiger partial charge in [-0.2, -0.15) is 0 Å². The van der Waals surface area contributed by atoms with Crippen molar-refractivity contribution >= 4 is 10.0 Å². The largest absolute Gasteiger partial charge is 0.465 e. The van der Waals surface area contributed by atoms with Crippen LogP contribution in [0.4, 0.5) is 0 Å². The van der Waals surface area contributed by atoms with Crippen LogP contribution in [0, 0.1) is 6.92 Å². The molecule has 2 N–H and O–H groups in total. The number of benzene rings is 1. The number of aryl methyl sites for hydroxylation is 1. The van der Waals surface area contributed by atoms with Gasteiger partial charge in [0.25, 0.3) is 0 Å². The molecule has 0 aliphatic rings. The van der Waals surface area contributed by atoms with E-state index in [1.807, 2.05) is 57.2 Å². The first-order chi connectivity index (χ1) is 10.9. The van der Waals surface area contributed by atoms with E-state index in [0.717, 1.165) is 22.6 Å². The summed E-state index contributed by atoms with van der Waals surface area (Å²) < 4.78 is 32.4. The van der Waals surface area contributed by atoms with Gasteiger partial charge in [-0.3, -0.25) is 0 Å². The first-order valence-corrected chi connectivity index (χ1v) is 9.34. The third-order valence-corrected chi connectivity index (χ3v) is 4.81. The monoisotopic (exact) mass is 336 g/mol. The second-order valence-electron chi connectivity index (χ2n) is 5.92. The summed E-state index contributed by atoms with van der Waals surface area (Å²) in [5.41, 5.74) is 1.79. The molecular weight excluding hydrogens is 312 g/mol. The zero-order chi connectivity index (χ0) is 16.9. The molecule has 0 aliphatic heterocycles. The Bertz CT molecular complexity index is 736. The van der Waals surface area contributed by atoms with Crippen molar-refractivity contribution in [3.63, 3.8) is 0 Å². The number of hydrogen-bond donors (Lipinski definition) is 2. The van der Waals surface area contributed by atoms with Gasteiger partial charge in [0.2, 0.25) is 10.0 Å². The fourth-order valence-corrected chi connectivity index (χ4v) is 3.87. The van der Waals surface area contributed by atoms with Gasteiger partial charge in [0.1, 0.15) is 11.5 Å². The Balaban J connectivity index is 1.99. The lowest BCUT2D eigenvalue weighted by Crippen LogP contribution is -2.31. The van der Waals surface area contributed by atoms with E-state index in [0.29, 0.717) is 13.1 Å². The van der Waals surface area contributed by atoms with Crippen LogP contribution in [0.15, 0.2) is 40.8 Å². The predicted octanol–water partition coefficient (Wildman–Crippen LogP) is 2.71. The summed E-state index contributed by atoms with van der Waals surface area (Å²) in [7, 11) is -3.33. The van der Waals surface area contributed by atoms with Gasteiger partial charge < -0.3 is 9.73 Å². The summed E-state index contributed by atoms with van der Waals surface area (Å²) in [5, 5.41) is 3.29. The van der Waals surface area contributed by atoms with Crippen molar-refractivity contribution < 1.29 is 12.8 Å². The number of furan rings is 1. The molecule has 1 heterocycles. The molecule has 0 atom stereocenters. The molecule has 2 rings (SSSR count). The van der Waals surface area contributed by atoms with Crippen molar-refractivity contribution in [2.75, 3.05) is 0 Å². The van der Waals surface area contributed by atoms with Crippen molar-refractivity contribution in [3.05, 3.63) is 59.0 Å². The lowest BCUT2D eigenvalue weighted by Gasteiger charge is -2.13. The minimum Gasteiger partial charge on any atom is -0.465 e. The molecule has 0 spiro atoms. The van der Waals surface area contributed by atoms with E-state index < -0.39 is 10.0 Å². The summed E-state index contributed by atoms with van der Waals surface area (Å²) in [6.07, 6.45) is 0. The van der Waals surface area contributed by atoms with E-state index in [4.69, 9.17) is 4.42 Å². The average Bonchev–Trinajstić information content (AvgIpc) is 2.84. The Morgan fingerprint density at radius 2 is 1.74 bits per heavy atom. The molecule has 5 nitrogen and oxygen atoms in total. The summed E-state index contributed by atoms with van der Waals surface area (Å²) in [5.74, 6) is 1.74. The average molecular weight is 336 g/mol. The highest BCUT2D eigenvalue weighted by Crippen LogP contribution is 2.13. The lowest BCUT2D eigenvalue weighted by atomic mass is 10.1. The molecule has 0 unspecified atom stereocenters. The molecule has 0 aliphatic carbocycles. The smallest absolute Gasteiger partial charge is 0.216 e. The van der Waals surface area contributed by atoms with Crippen LogP contribution in [0.25, 0.3) is 0 Å². The van der Waals surface area contributed by atoms with Gasteiger partial charge in [-0.25, -0.2) is 13.1 Å². The first kappa shape index (κ1) is 17.7. The van der Waals surface area contributed by atoms with Gasteiger partial charge in [0.05, 0.1) is 12.3 Å². The van der Waals surface area contributed by atoms with E-state index in [9.17, 15) is 8.42 Å². The van der Waals surface area contributed by atoms with Gasteiger partial charge in [-0.1, -0.05) is 24.3 Å². The molecule has 0 radical (unpaired) electrons. The molecule has 1 aromatic carbocycles. The zero-order valence-corrected chi connectivity index (χ0v) is 14.6. The molecule has 1 aromatic heterocycles. The fourth-order valence-electron chi connectivity index (χ4n) is 2.38. The molecule has 0 bridgehead atoms. The lowest BCUT2D eigenvalue weighted by molar-refractivity contribution is 0.461. The van der Waals surface area contributed by atoms with E-state index in [-0.39, 0.29) is 11.8 Å². The van der Waals surface area contributed by atoms with Crippen molar-refractivity contribution in [2.24, 2.45) is 0 Å².